The molecular formula is C14H20N2O2. The average Bonchev–Trinajstić information content (AvgIpc) is 2.65. The third-order valence-corrected chi connectivity index (χ3v) is 4.66. The van der Waals surface area contributed by atoms with Crippen molar-refractivity contribution in [3.63, 3.8) is 0 Å². The fraction of sp³-hybridized carbons (Fsp3) is 0.571. The molecule has 4 heteroatoms. The van der Waals surface area contributed by atoms with Crippen molar-refractivity contribution in [1.82, 2.24) is 9.88 Å². The van der Waals surface area contributed by atoms with Crippen molar-refractivity contribution in [2.75, 3.05) is 0 Å². The van der Waals surface area contributed by atoms with Crippen LogP contribution in [0.5, 0.6) is 0 Å². The van der Waals surface area contributed by atoms with Crippen LogP contribution >= 0.6 is 0 Å². The number of hydrogen-bond acceptors (Lipinski definition) is 2. The summed E-state index contributed by atoms with van der Waals surface area (Å²) in [4.78, 5) is 23.6. The van der Waals surface area contributed by atoms with E-state index in [2.05, 4.69) is 33.0 Å². The highest BCUT2D eigenvalue weighted by molar-refractivity contribution is 5.94. The molecule has 1 amide bonds. The standard InChI is InChI=1S/C14H20N2O2/c1-13(2)12(14(13,3)4)15-11(18)9-6-7-16(5)10(17)8-9/h6-8,12H,1-5H3,(H,15,18). The Hall–Kier alpha value is -1.58. The predicted octanol–water partition coefficient (Wildman–Crippen LogP) is 1.55. The SMILES string of the molecule is Cn1ccc(C(=O)NC2C(C)(C)C2(C)C)cc1=O. The van der Waals surface area contributed by atoms with Gasteiger partial charge in [0.25, 0.3) is 11.5 Å². The topological polar surface area (TPSA) is 51.1 Å². The Balaban J connectivity index is 2.15. The minimum atomic E-state index is -0.170. The van der Waals surface area contributed by atoms with Gasteiger partial charge in [-0.25, -0.2) is 0 Å². The van der Waals surface area contributed by atoms with Crippen LogP contribution in [-0.2, 0) is 7.05 Å². The lowest BCUT2D eigenvalue weighted by Crippen LogP contribution is -2.31. The molecule has 1 aliphatic carbocycles. The Bertz CT molecular complexity index is 541. The van der Waals surface area contributed by atoms with Gasteiger partial charge in [-0.05, 0) is 16.9 Å². The molecule has 1 N–H and O–H groups in total. The first kappa shape index (κ1) is 12.9. The molecule has 0 aromatic carbocycles. The Kier molecular flexibility index (Phi) is 2.65. The maximum Gasteiger partial charge on any atom is 0.251 e. The molecule has 18 heavy (non-hydrogen) atoms. The number of aryl methyl sites for hydroxylation is 1. The number of amides is 1. The van der Waals surface area contributed by atoms with Crippen LogP contribution in [0.4, 0.5) is 0 Å². The molecule has 0 bridgehead atoms. The first-order chi connectivity index (χ1) is 8.18. The van der Waals surface area contributed by atoms with Crippen molar-refractivity contribution >= 4 is 5.91 Å². The van der Waals surface area contributed by atoms with Crippen LogP contribution in [0.25, 0.3) is 0 Å². The van der Waals surface area contributed by atoms with E-state index in [9.17, 15) is 9.59 Å². The highest BCUT2D eigenvalue weighted by Gasteiger charge is 2.65. The van der Waals surface area contributed by atoms with E-state index < -0.39 is 0 Å². The van der Waals surface area contributed by atoms with Crippen LogP contribution in [0.15, 0.2) is 23.1 Å². The van der Waals surface area contributed by atoms with Crippen LogP contribution in [0.1, 0.15) is 38.1 Å². The van der Waals surface area contributed by atoms with E-state index in [1.807, 2.05) is 0 Å². The van der Waals surface area contributed by atoms with Gasteiger partial charge in [0.2, 0.25) is 0 Å². The lowest BCUT2D eigenvalue weighted by molar-refractivity contribution is 0.0943. The van der Waals surface area contributed by atoms with Gasteiger partial charge in [-0.3, -0.25) is 9.59 Å². The minimum absolute atomic E-state index is 0.0996. The lowest BCUT2D eigenvalue weighted by Gasteiger charge is -2.07. The quantitative estimate of drug-likeness (QED) is 0.863. The van der Waals surface area contributed by atoms with Crippen molar-refractivity contribution in [1.29, 1.82) is 0 Å². The third kappa shape index (κ3) is 1.76. The van der Waals surface area contributed by atoms with Gasteiger partial charge in [-0.1, -0.05) is 27.7 Å². The molecule has 4 nitrogen and oxygen atoms in total. The zero-order chi connectivity index (χ0) is 13.7. The Morgan fingerprint density at radius 2 is 1.83 bits per heavy atom. The fourth-order valence-electron chi connectivity index (χ4n) is 2.46. The molecule has 1 heterocycles. The summed E-state index contributed by atoms with van der Waals surface area (Å²) in [5.41, 5.74) is 0.457. The van der Waals surface area contributed by atoms with Crippen molar-refractivity contribution in [3.05, 3.63) is 34.2 Å². The van der Waals surface area contributed by atoms with Crippen molar-refractivity contribution < 1.29 is 4.79 Å². The molecule has 0 atom stereocenters. The smallest absolute Gasteiger partial charge is 0.251 e. The molecule has 2 rings (SSSR count). The van der Waals surface area contributed by atoms with E-state index in [4.69, 9.17) is 0 Å². The number of pyridine rings is 1. The molecule has 0 radical (unpaired) electrons. The normalized spacial score (nSPS) is 20.5. The van der Waals surface area contributed by atoms with Gasteiger partial charge in [-0.2, -0.15) is 0 Å². The fourth-order valence-corrected chi connectivity index (χ4v) is 2.46. The molecule has 0 saturated heterocycles. The molecule has 0 aliphatic heterocycles. The summed E-state index contributed by atoms with van der Waals surface area (Å²) >= 11 is 0. The second-order valence-corrected chi connectivity index (χ2v) is 6.21. The number of nitrogens with one attached hydrogen (secondary N) is 1. The molecule has 1 aromatic heterocycles. The molecule has 1 saturated carbocycles. The van der Waals surface area contributed by atoms with E-state index in [-0.39, 0.29) is 28.3 Å². The van der Waals surface area contributed by atoms with E-state index in [0.29, 0.717) is 5.56 Å². The number of nitrogens with zero attached hydrogens (tertiary/aromatic N) is 1. The first-order valence-corrected chi connectivity index (χ1v) is 6.15. The Morgan fingerprint density at radius 1 is 1.28 bits per heavy atom. The average molecular weight is 248 g/mol. The van der Waals surface area contributed by atoms with E-state index >= 15 is 0 Å². The number of rotatable bonds is 2. The zero-order valence-electron chi connectivity index (χ0n) is 11.6. The molecule has 0 spiro atoms. The lowest BCUT2D eigenvalue weighted by atomic mass is 10.0. The van der Waals surface area contributed by atoms with Gasteiger partial charge in [0.05, 0.1) is 0 Å². The first-order valence-electron chi connectivity index (χ1n) is 6.15. The molecule has 1 fully saturated rings. The summed E-state index contributed by atoms with van der Waals surface area (Å²) in [6, 6.07) is 3.19. The van der Waals surface area contributed by atoms with E-state index in [1.54, 1.807) is 19.3 Å². The molecule has 0 unspecified atom stereocenters. The molecule has 1 aromatic rings. The second kappa shape index (κ2) is 3.70. The number of aromatic nitrogens is 1. The number of hydrogen-bond donors (Lipinski definition) is 1. The Morgan fingerprint density at radius 3 is 2.28 bits per heavy atom. The van der Waals surface area contributed by atoms with Gasteiger partial charge in [0.15, 0.2) is 0 Å². The predicted molar refractivity (Wildman–Crippen MR) is 70.5 cm³/mol. The molecule has 98 valence electrons. The van der Waals surface area contributed by atoms with Gasteiger partial charge in [-0.15, -0.1) is 0 Å². The van der Waals surface area contributed by atoms with Crippen molar-refractivity contribution in [2.24, 2.45) is 17.9 Å². The summed E-state index contributed by atoms with van der Waals surface area (Å²) in [6.07, 6.45) is 1.61. The minimum Gasteiger partial charge on any atom is -0.348 e. The largest absolute Gasteiger partial charge is 0.348 e. The summed E-state index contributed by atoms with van der Waals surface area (Å²) < 4.78 is 1.45. The van der Waals surface area contributed by atoms with Gasteiger partial charge in [0.1, 0.15) is 0 Å². The highest BCUT2D eigenvalue weighted by atomic mass is 16.2. The molecule has 1 aliphatic rings. The maximum atomic E-state index is 12.1. The molecular weight excluding hydrogens is 228 g/mol. The summed E-state index contributed by atoms with van der Waals surface area (Å²) in [5.74, 6) is -0.170. The third-order valence-electron chi connectivity index (χ3n) is 4.66. The van der Waals surface area contributed by atoms with Crippen molar-refractivity contribution in [2.45, 2.75) is 33.7 Å². The highest BCUT2D eigenvalue weighted by Crippen LogP contribution is 2.62. The van der Waals surface area contributed by atoms with Crippen LogP contribution in [0.2, 0.25) is 0 Å². The van der Waals surface area contributed by atoms with E-state index in [0.717, 1.165) is 0 Å². The van der Waals surface area contributed by atoms with Gasteiger partial charge < -0.3 is 9.88 Å². The Labute approximate surface area is 107 Å². The van der Waals surface area contributed by atoms with Gasteiger partial charge >= 0.3 is 0 Å². The summed E-state index contributed by atoms with van der Waals surface area (Å²) in [6.45, 7) is 8.56. The monoisotopic (exact) mass is 248 g/mol. The van der Waals surface area contributed by atoms with E-state index in [1.165, 1.54) is 10.6 Å². The summed E-state index contributed by atoms with van der Waals surface area (Å²) in [7, 11) is 1.66. The van der Waals surface area contributed by atoms with Crippen LogP contribution in [0, 0.1) is 10.8 Å². The zero-order valence-corrected chi connectivity index (χ0v) is 11.6. The van der Waals surface area contributed by atoms with Crippen LogP contribution in [-0.4, -0.2) is 16.5 Å². The second-order valence-electron chi connectivity index (χ2n) is 6.21. The number of carbonyl (C=O) groups excluding carboxylic acids is 1. The van der Waals surface area contributed by atoms with Crippen molar-refractivity contribution in [3.8, 4) is 0 Å². The van der Waals surface area contributed by atoms with Gasteiger partial charge in [0, 0.05) is 30.9 Å². The van der Waals surface area contributed by atoms with Crippen LogP contribution < -0.4 is 10.9 Å². The number of carbonyl (C=O) groups is 1. The van der Waals surface area contributed by atoms with Crippen LogP contribution in [0.3, 0.4) is 0 Å². The summed E-state index contributed by atoms with van der Waals surface area (Å²) in [5, 5.41) is 3.01. The maximum absolute atomic E-state index is 12.1.